The highest BCUT2D eigenvalue weighted by atomic mass is 16.7. The molecule has 0 bridgehead atoms. The molecule has 0 aromatic heterocycles. The predicted octanol–water partition coefficient (Wildman–Crippen LogP) is 6.33. The van der Waals surface area contributed by atoms with E-state index in [1.165, 1.54) is 0 Å². The summed E-state index contributed by atoms with van der Waals surface area (Å²) in [6.45, 7) is 1.80. The van der Waals surface area contributed by atoms with Crippen LogP contribution in [0.5, 0.6) is 0 Å². The third-order valence-electron chi connectivity index (χ3n) is 7.17. The zero-order chi connectivity index (χ0) is 29.5. The van der Waals surface area contributed by atoms with E-state index in [4.69, 9.17) is 34.8 Å². The fraction of sp³-hybridized carbons (Fsp3) is 0.297. The van der Waals surface area contributed by atoms with Crippen LogP contribution in [0.1, 0.15) is 22.3 Å². The number of rotatable bonds is 15. The first-order valence-corrected chi connectivity index (χ1v) is 14.6. The highest BCUT2D eigenvalue weighted by Crippen LogP contribution is 2.32. The van der Waals surface area contributed by atoms with Crippen LogP contribution in [0.4, 0.5) is 0 Å². The van der Waals surface area contributed by atoms with Crippen LogP contribution in [-0.2, 0) is 54.8 Å². The summed E-state index contributed by atoms with van der Waals surface area (Å²) in [5.74, 6) is 2.54. The summed E-state index contributed by atoms with van der Waals surface area (Å²) in [4.78, 5) is 0. The van der Waals surface area contributed by atoms with E-state index in [0.717, 1.165) is 22.3 Å². The molecular formula is C37H38O6. The zero-order valence-electron chi connectivity index (χ0n) is 24.2. The minimum absolute atomic E-state index is 0.157. The fourth-order valence-electron chi connectivity index (χ4n) is 5.00. The molecule has 1 aliphatic rings. The Kier molecular flexibility index (Phi) is 11.9. The van der Waals surface area contributed by atoms with Crippen molar-refractivity contribution in [3.8, 4) is 12.3 Å². The Morgan fingerprint density at radius 1 is 0.512 bits per heavy atom. The van der Waals surface area contributed by atoms with Gasteiger partial charge in [-0.25, -0.2) is 0 Å². The monoisotopic (exact) mass is 578 g/mol. The lowest BCUT2D eigenvalue weighted by Crippen LogP contribution is -2.61. The number of hydrogen-bond acceptors (Lipinski definition) is 6. The molecule has 0 aliphatic carbocycles. The quantitative estimate of drug-likeness (QED) is 0.121. The van der Waals surface area contributed by atoms with Gasteiger partial charge in [0.1, 0.15) is 31.0 Å². The van der Waals surface area contributed by atoms with Crippen molar-refractivity contribution in [3.05, 3.63) is 144 Å². The maximum absolute atomic E-state index is 6.68. The molecule has 1 fully saturated rings. The molecule has 0 radical (unpaired) electrons. The van der Waals surface area contributed by atoms with Gasteiger partial charge in [-0.2, -0.15) is 0 Å². The molecule has 6 nitrogen and oxygen atoms in total. The Morgan fingerprint density at radius 2 is 0.907 bits per heavy atom. The third kappa shape index (κ3) is 9.34. The van der Waals surface area contributed by atoms with Gasteiger partial charge < -0.3 is 28.4 Å². The van der Waals surface area contributed by atoms with E-state index in [-0.39, 0.29) is 13.2 Å². The second-order valence-electron chi connectivity index (χ2n) is 10.3. The highest BCUT2D eigenvalue weighted by molar-refractivity contribution is 5.16. The van der Waals surface area contributed by atoms with Crippen molar-refractivity contribution in [2.75, 3.05) is 13.2 Å². The van der Waals surface area contributed by atoms with Crippen LogP contribution in [-0.4, -0.2) is 43.9 Å². The van der Waals surface area contributed by atoms with Crippen molar-refractivity contribution in [2.45, 2.75) is 57.1 Å². The maximum Gasteiger partial charge on any atom is 0.187 e. The van der Waals surface area contributed by atoms with Gasteiger partial charge in [0.05, 0.1) is 33.0 Å². The van der Waals surface area contributed by atoms with Crippen molar-refractivity contribution in [3.63, 3.8) is 0 Å². The van der Waals surface area contributed by atoms with Gasteiger partial charge in [0.15, 0.2) is 6.29 Å². The van der Waals surface area contributed by atoms with Crippen LogP contribution < -0.4 is 0 Å². The summed E-state index contributed by atoms with van der Waals surface area (Å²) in [6.07, 6.45) is 2.56. The molecule has 5 atom stereocenters. The van der Waals surface area contributed by atoms with Crippen LogP contribution in [0, 0.1) is 12.3 Å². The summed E-state index contributed by atoms with van der Waals surface area (Å²) < 4.78 is 38.7. The summed E-state index contributed by atoms with van der Waals surface area (Å²) in [5.41, 5.74) is 4.14. The maximum atomic E-state index is 6.68. The van der Waals surface area contributed by atoms with Crippen molar-refractivity contribution in [1.29, 1.82) is 0 Å². The summed E-state index contributed by atoms with van der Waals surface area (Å²) in [6, 6.07) is 40.1. The van der Waals surface area contributed by atoms with E-state index < -0.39 is 30.7 Å². The average Bonchev–Trinajstić information content (AvgIpc) is 3.07. The zero-order valence-corrected chi connectivity index (χ0v) is 24.2. The fourth-order valence-corrected chi connectivity index (χ4v) is 5.00. The second kappa shape index (κ2) is 16.7. The first-order chi connectivity index (χ1) is 21.3. The van der Waals surface area contributed by atoms with Gasteiger partial charge in [0.25, 0.3) is 0 Å². The Bertz CT molecular complexity index is 1360. The number of ether oxygens (including phenoxy) is 6. The Hall–Kier alpha value is -3.80. The van der Waals surface area contributed by atoms with Crippen molar-refractivity contribution in [2.24, 2.45) is 0 Å². The van der Waals surface area contributed by atoms with Gasteiger partial charge in [-0.05, 0) is 22.3 Å². The lowest BCUT2D eigenvalue weighted by Gasteiger charge is -2.45. The Balaban J connectivity index is 1.44. The molecule has 0 saturated carbocycles. The summed E-state index contributed by atoms with van der Waals surface area (Å²) >= 11 is 0. The van der Waals surface area contributed by atoms with Gasteiger partial charge in [-0.3, -0.25) is 0 Å². The normalized spacial score (nSPS) is 21.7. The molecule has 1 heterocycles. The lowest BCUT2D eigenvalue weighted by molar-refractivity contribution is -0.330. The molecule has 0 N–H and O–H groups in total. The molecule has 0 amide bonds. The van der Waals surface area contributed by atoms with Crippen LogP contribution in [0.25, 0.3) is 0 Å². The molecule has 1 aliphatic heterocycles. The van der Waals surface area contributed by atoms with Gasteiger partial charge in [-0.15, -0.1) is 6.42 Å². The van der Waals surface area contributed by atoms with E-state index in [2.05, 4.69) is 5.92 Å². The molecule has 4 aromatic rings. The molecule has 222 valence electrons. The molecule has 43 heavy (non-hydrogen) atoms. The van der Waals surface area contributed by atoms with E-state index in [1.54, 1.807) is 0 Å². The van der Waals surface area contributed by atoms with Crippen LogP contribution in [0.3, 0.4) is 0 Å². The topological polar surface area (TPSA) is 55.4 Å². The minimum atomic E-state index is -0.749. The third-order valence-corrected chi connectivity index (χ3v) is 7.17. The van der Waals surface area contributed by atoms with Crippen molar-refractivity contribution in [1.82, 2.24) is 0 Å². The molecule has 0 spiro atoms. The molecule has 0 unspecified atom stereocenters. The first-order valence-electron chi connectivity index (χ1n) is 14.6. The van der Waals surface area contributed by atoms with Crippen LogP contribution >= 0.6 is 0 Å². The van der Waals surface area contributed by atoms with Crippen molar-refractivity contribution >= 4 is 0 Å². The van der Waals surface area contributed by atoms with E-state index in [0.29, 0.717) is 26.4 Å². The number of terminal acetylenes is 1. The second-order valence-corrected chi connectivity index (χ2v) is 10.3. The van der Waals surface area contributed by atoms with Crippen LogP contribution in [0.15, 0.2) is 121 Å². The molecule has 5 rings (SSSR count). The van der Waals surface area contributed by atoms with Gasteiger partial charge in [0, 0.05) is 0 Å². The van der Waals surface area contributed by atoms with E-state index >= 15 is 0 Å². The Labute approximate surface area is 254 Å². The van der Waals surface area contributed by atoms with Gasteiger partial charge >= 0.3 is 0 Å². The highest BCUT2D eigenvalue weighted by Gasteiger charge is 2.49. The van der Waals surface area contributed by atoms with Gasteiger partial charge in [-0.1, -0.05) is 127 Å². The lowest BCUT2D eigenvalue weighted by atomic mass is 9.97. The number of hydrogen-bond donors (Lipinski definition) is 0. The smallest absolute Gasteiger partial charge is 0.187 e. The van der Waals surface area contributed by atoms with Crippen LogP contribution in [0.2, 0.25) is 0 Å². The standard InChI is InChI=1S/C37H38O6/c1-2-23-38-28-33-34(39-24-29-15-7-3-8-16-29)35(40-25-30-17-9-4-10-18-30)36(41-26-31-19-11-5-12-20-31)37(43-33)42-27-32-21-13-6-14-22-32/h1,3-22,33-37H,23-28H2/t33-,34-,35+,36-,37-/m1/s1. The predicted molar refractivity (Wildman–Crippen MR) is 165 cm³/mol. The first kappa shape index (κ1) is 30.7. The van der Waals surface area contributed by atoms with E-state index in [9.17, 15) is 0 Å². The van der Waals surface area contributed by atoms with Crippen molar-refractivity contribution < 1.29 is 28.4 Å². The summed E-state index contributed by atoms with van der Waals surface area (Å²) in [7, 11) is 0. The van der Waals surface area contributed by atoms with Gasteiger partial charge in [0.2, 0.25) is 0 Å². The minimum Gasteiger partial charge on any atom is -0.368 e. The largest absolute Gasteiger partial charge is 0.368 e. The molecule has 1 saturated heterocycles. The molecule has 6 heteroatoms. The molecular weight excluding hydrogens is 540 g/mol. The SMILES string of the molecule is C#CCOC[C@H]1O[C@@H](OCc2ccccc2)[C@H](OCc2ccccc2)[C@@H](OCc2ccccc2)[C@@H]1OCc1ccccc1. The Morgan fingerprint density at radius 3 is 1.35 bits per heavy atom. The average molecular weight is 579 g/mol. The summed E-state index contributed by atoms with van der Waals surface area (Å²) in [5, 5.41) is 0. The number of benzene rings is 4. The van der Waals surface area contributed by atoms with E-state index in [1.807, 2.05) is 121 Å². The molecule has 4 aromatic carbocycles.